The highest BCUT2D eigenvalue weighted by atomic mass is 32.1. The number of rotatable bonds is 4. The molecule has 0 fully saturated rings. The topological polar surface area (TPSA) is 48.1 Å². The molecule has 0 aliphatic rings. The highest BCUT2D eigenvalue weighted by Crippen LogP contribution is 2.29. The van der Waals surface area contributed by atoms with Crippen molar-refractivity contribution in [2.45, 2.75) is 39.3 Å². The van der Waals surface area contributed by atoms with Crippen LogP contribution in [-0.2, 0) is 11.3 Å². The highest BCUT2D eigenvalue weighted by molar-refractivity contribution is 7.11. The van der Waals surface area contributed by atoms with Crippen molar-refractivity contribution in [1.82, 2.24) is 4.98 Å². The Hall–Kier alpha value is -0.450. The Morgan fingerprint density at radius 1 is 1.43 bits per heavy atom. The van der Waals surface area contributed by atoms with Crippen LogP contribution < -0.4 is 5.73 Å². The van der Waals surface area contributed by atoms with Gasteiger partial charge in [0, 0.05) is 18.0 Å². The minimum Gasteiger partial charge on any atom is -0.378 e. The van der Waals surface area contributed by atoms with Gasteiger partial charge in [-0.3, -0.25) is 0 Å². The average molecular weight is 214 g/mol. The molecule has 0 radical (unpaired) electrons. The first-order valence-corrected chi connectivity index (χ1v) is 5.62. The second kappa shape index (κ2) is 4.87. The van der Waals surface area contributed by atoms with Crippen LogP contribution in [0, 0.1) is 0 Å². The van der Waals surface area contributed by atoms with Gasteiger partial charge in [-0.2, -0.15) is 0 Å². The van der Waals surface area contributed by atoms with E-state index in [-0.39, 0.29) is 6.04 Å². The van der Waals surface area contributed by atoms with Gasteiger partial charge in [-0.25, -0.2) is 4.98 Å². The maximum Gasteiger partial charge on any atom is 0.119 e. The molecule has 1 aromatic heterocycles. The smallest absolute Gasteiger partial charge is 0.119 e. The molecule has 1 aromatic rings. The van der Waals surface area contributed by atoms with Crippen LogP contribution in [0.1, 0.15) is 48.3 Å². The quantitative estimate of drug-likeness (QED) is 0.837. The molecule has 14 heavy (non-hydrogen) atoms. The number of nitrogens with zero attached hydrogens (tertiary/aromatic N) is 1. The van der Waals surface area contributed by atoms with Crippen LogP contribution in [0.25, 0.3) is 0 Å². The van der Waals surface area contributed by atoms with E-state index < -0.39 is 0 Å². The van der Waals surface area contributed by atoms with Gasteiger partial charge in [0.1, 0.15) is 5.01 Å². The first kappa shape index (κ1) is 11.6. The number of nitrogens with two attached hydrogens (primary N) is 1. The minimum absolute atomic E-state index is 0.0653. The Bertz CT molecular complexity index is 269. The minimum atomic E-state index is 0.0653. The van der Waals surface area contributed by atoms with Crippen molar-refractivity contribution in [3.63, 3.8) is 0 Å². The van der Waals surface area contributed by atoms with E-state index in [2.05, 4.69) is 18.8 Å². The van der Waals surface area contributed by atoms with Crippen LogP contribution in [-0.4, -0.2) is 12.1 Å². The number of hydrogen-bond acceptors (Lipinski definition) is 4. The fraction of sp³-hybridized carbons (Fsp3) is 0.700. The van der Waals surface area contributed by atoms with Crippen LogP contribution in [0.15, 0.2) is 0 Å². The molecule has 0 saturated heterocycles. The largest absolute Gasteiger partial charge is 0.378 e. The predicted molar refractivity (Wildman–Crippen MR) is 59.5 cm³/mol. The van der Waals surface area contributed by atoms with Crippen molar-refractivity contribution < 1.29 is 4.74 Å². The van der Waals surface area contributed by atoms with Gasteiger partial charge in [0.2, 0.25) is 0 Å². The number of methoxy groups -OCH3 is 1. The van der Waals surface area contributed by atoms with Crippen molar-refractivity contribution in [3.8, 4) is 0 Å². The Balaban J connectivity index is 3.00. The molecule has 3 nitrogen and oxygen atoms in total. The summed E-state index contributed by atoms with van der Waals surface area (Å²) in [5.74, 6) is 0.429. The molecule has 1 rings (SSSR count). The molecule has 0 bridgehead atoms. The molecule has 4 heteroatoms. The zero-order valence-corrected chi connectivity index (χ0v) is 10.0. The maximum atomic E-state index is 5.89. The molecule has 0 aliphatic carbocycles. The Morgan fingerprint density at radius 3 is 2.43 bits per heavy atom. The second-order valence-electron chi connectivity index (χ2n) is 3.73. The van der Waals surface area contributed by atoms with Gasteiger partial charge in [-0.15, -0.1) is 11.3 Å². The predicted octanol–water partition coefficient (Wildman–Crippen LogP) is 2.43. The molecule has 80 valence electrons. The highest BCUT2D eigenvalue weighted by Gasteiger charge is 2.16. The molecule has 1 atom stereocenters. The molecule has 0 aromatic carbocycles. The molecular weight excluding hydrogens is 196 g/mol. The van der Waals surface area contributed by atoms with Gasteiger partial charge in [0.05, 0.1) is 12.3 Å². The fourth-order valence-corrected chi connectivity index (χ4v) is 2.46. The van der Waals surface area contributed by atoms with Crippen LogP contribution in [0.2, 0.25) is 0 Å². The molecule has 0 spiro atoms. The standard InChI is InChI=1S/C10H18N2OS/c1-6(2)9-10(7(3)11)14-8(12-9)5-13-4/h6-7H,5,11H2,1-4H3. The zero-order valence-electron chi connectivity index (χ0n) is 9.20. The summed E-state index contributed by atoms with van der Waals surface area (Å²) in [6, 6.07) is 0.0653. The van der Waals surface area contributed by atoms with Crippen LogP contribution in [0.4, 0.5) is 0 Å². The van der Waals surface area contributed by atoms with Crippen LogP contribution in [0.5, 0.6) is 0 Å². The summed E-state index contributed by atoms with van der Waals surface area (Å²) in [7, 11) is 1.68. The first-order valence-electron chi connectivity index (χ1n) is 4.80. The molecule has 2 N–H and O–H groups in total. The van der Waals surface area contributed by atoms with Crippen molar-refractivity contribution in [1.29, 1.82) is 0 Å². The van der Waals surface area contributed by atoms with Gasteiger partial charge >= 0.3 is 0 Å². The van der Waals surface area contributed by atoms with Crippen molar-refractivity contribution in [2.24, 2.45) is 5.73 Å². The third kappa shape index (κ3) is 2.53. The second-order valence-corrected chi connectivity index (χ2v) is 4.85. The zero-order chi connectivity index (χ0) is 10.7. The van der Waals surface area contributed by atoms with Gasteiger partial charge < -0.3 is 10.5 Å². The number of hydrogen-bond donors (Lipinski definition) is 1. The Kier molecular flexibility index (Phi) is 4.04. The summed E-state index contributed by atoms with van der Waals surface area (Å²) in [4.78, 5) is 5.72. The van der Waals surface area contributed by atoms with E-state index in [1.807, 2.05) is 6.92 Å². The summed E-state index contributed by atoms with van der Waals surface area (Å²) in [6.45, 7) is 6.85. The molecule has 1 unspecified atom stereocenters. The summed E-state index contributed by atoms with van der Waals surface area (Å²) >= 11 is 1.66. The molecule has 1 heterocycles. The molecular formula is C10H18N2OS. The van der Waals surface area contributed by atoms with E-state index in [1.165, 1.54) is 4.88 Å². The number of thiazole rings is 1. The average Bonchev–Trinajstić information content (AvgIpc) is 2.49. The summed E-state index contributed by atoms with van der Waals surface area (Å²) in [5, 5.41) is 1.02. The molecule has 0 amide bonds. The van der Waals surface area contributed by atoms with Crippen LogP contribution in [0.3, 0.4) is 0 Å². The van der Waals surface area contributed by atoms with Crippen molar-refractivity contribution in [3.05, 3.63) is 15.6 Å². The third-order valence-corrected chi connectivity index (χ3v) is 3.20. The molecule has 0 aliphatic heterocycles. The summed E-state index contributed by atoms with van der Waals surface area (Å²) in [5.41, 5.74) is 7.01. The number of aromatic nitrogens is 1. The van der Waals surface area contributed by atoms with Crippen molar-refractivity contribution >= 4 is 11.3 Å². The van der Waals surface area contributed by atoms with E-state index in [0.717, 1.165) is 10.7 Å². The lowest BCUT2D eigenvalue weighted by molar-refractivity contribution is 0.184. The van der Waals surface area contributed by atoms with Crippen molar-refractivity contribution in [2.75, 3.05) is 7.11 Å². The molecule has 0 saturated carbocycles. The normalized spacial score (nSPS) is 13.6. The maximum absolute atomic E-state index is 5.89. The van der Waals surface area contributed by atoms with E-state index >= 15 is 0 Å². The fourth-order valence-electron chi connectivity index (χ4n) is 1.32. The lowest BCUT2D eigenvalue weighted by atomic mass is 10.1. The third-order valence-electron chi connectivity index (χ3n) is 1.95. The Morgan fingerprint density at radius 2 is 2.07 bits per heavy atom. The summed E-state index contributed by atoms with van der Waals surface area (Å²) in [6.07, 6.45) is 0. The monoisotopic (exact) mass is 214 g/mol. The van der Waals surface area contributed by atoms with E-state index in [1.54, 1.807) is 18.4 Å². The Labute approximate surface area is 89.3 Å². The van der Waals surface area contributed by atoms with Gasteiger partial charge in [0.25, 0.3) is 0 Å². The lowest BCUT2D eigenvalue weighted by Gasteiger charge is -2.07. The van der Waals surface area contributed by atoms with E-state index in [9.17, 15) is 0 Å². The van der Waals surface area contributed by atoms with E-state index in [0.29, 0.717) is 12.5 Å². The van der Waals surface area contributed by atoms with Crippen LogP contribution >= 0.6 is 11.3 Å². The van der Waals surface area contributed by atoms with E-state index in [4.69, 9.17) is 10.5 Å². The van der Waals surface area contributed by atoms with Gasteiger partial charge in [0.15, 0.2) is 0 Å². The van der Waals surface area contributed by atoms with Gasteiger partial charge in [-0.1, -0.05) is 13.8 Å². The lowest BCUT2D eigenvalue weighted by Crippen LogP contribution is -2.06. The number of ether oxygens (including phenoxy) is 1. The first-order chi connectivity index (χ1) is 6.56. The SMILES string of the molecule is COCc1nc(C(C)C)c(C(C)N)s1. The van der Waals surface area contributed by atoms with Gasteiger partial charge in [-0.05, 0) is 12.8 Å². The summed E-state index contributed by atoms with van der Waals surface area (Å²) < 4.78 is 5.06.